The molecule has 1 heterocycles. The third kappa shape index (κ3) is 1.52. The summed E-state index contributed by atoms with van der Waals surface area (Å²) in [6.45, 7) is 0.971. The van der Waals surface area contributed by atoms with Crippen LogP contribution < -0.4 is 11.1 Å². The van der Waals surface area contributed by atoms with Crippen LogP contribution in [0.3, 0.4) is 0 Å². The molecule has 1 aliphatic rings. The van der Waals surface area contributed by atoms with E-state index in [4.69, 9.17) is 5.73 Å². The van der Waals surface area contributed by atoms with Crippen molar-refractivity contribution >= 4 is 5.69 Å². The van der Waals surface area contributed by atoms with Crippen LogP contribution >= 0.6 is 0 Å². The number of nitrogen functional groups attached to an aromatic ring is 1. The van der Waals surface area contributed by atoms with Gasteiger partial charge in [-0.25, -0.2) is 4.39 Å². The first-order valence-electron chi connectivity index (χ1n) is 4.56. The standard InChI is InChI=1S/C10H13FN2/c11-10-7(3-1-4-8(10)12)9-5-2-6-13-9/h1,3-4,9,13H,2,5-6,12H2. The van der Waals surface area contributed by atoms with Crippen molar-refractivity contribution in [2.45, 2.75) is 18.9 Å². The number of hydrogen-bond donors (Lipinski definition) is 2. The van der Waals surface area contributed by atoms with Gasteiger partial charge in [0.15, 0.2) is 5.82 Å². The molecule has 0 bridgehead atoms. The zero-order valence-electron chi connectivity index (χ0n) is 7.39. The Hall–Kier alpha value is -1.09. The van der Waals surface area contributed by atoms with Gasteiger partial charge < -0.3 is 11.1 Å². The van der Waals surface area contributed by atoms with Crippen molar-refractivity contribution in [1.82, 2.24) is 5.32 Å². The first-order valence-corrected chi connectivity index (χ1v) is 4.56. The highest BCUT2D eigenvalue weighted by Gasteiger charge is 2.19. The van der Waals surface area contributed by atoms with E-state index >= 15 is 0 Å². The van der Waals surface area contributed by atoms with Crippen LogP contribution in [0.15, 0.2) is 18.2 Å². The molecule has 70 valence electrons. The average Bonchev–Trinajstić information content (AvgIpc) is 2.62. The monoisotopic (exact) mass is 180 g/mol. The fraction of sp³-hybridized carbons (Fsp3) is 0.400. The maximum Gasteiger partial charge on any atom is 0.150 e. The summed E-state index contributed by atoms with van der Waals surface area (Å²) in [4.78, 5) is 0. The van der Waals surface area contributed by atoms with Crippen molar-refractivity contribution < 1.29 is 4.39 Å². The van der Waals surface area contributed by atoms with Crippen LogP contribution in [0.5, 0.6) is 0 Å². The fourth-order valence-corrected chi connectivity index (χ4v) is 1.79. The third-order valence-electron chi connectivity index (χ3n) is 2.49. The molecule has 3 heteroatoms. The SMILES string of the molecule is Nc1cccc(C2CCCN2)c1F. The maximum absolute atomic E-state index is 13.5. The molecule has 0 saturated carbocycles. The zero-order valence-corrected chi connectivity index (χ0v) is 7.39. The zero-order chi connectivity index (χ0) is 9.26. The highest BCUT2D eigenvalue weighted by atomic mass is 19.1. The molecule has 1 aromatic carbocycles. The van der Waals surface area contributed by atoms with E-state index in [1.165, 1.54) is 0 Å². The number of benzene rings is 1. The number of anilines is 1. The van der Waals surface area contributed by atoms with E-state index in [2.05, 4.69) is 5.32 Å². The molecular formula is C10H13FN2. The molecular weight excluding hydrogens is 167 g/mol. The van der Waals surface area contributed by atoms with Crippen LogP contribution in [0.2, 0.25) is 0 Å². The molecule has 2 nitrogen and oxygen atoms in total. The van der Waals surface area contributed by atoms with E-state index < -0.39 is 0 Å². The van der Waals surface area contributed by atoms with Crippen molar-refractivity contribution in [3.63, 3.8) is 0 Å². The maximum atomic E-state index is 13.5. The van der Waals surface area contributed by atoms with Gasteiger partial charge >= 0.3 is 0 Å². The Morgan fingerprint density at radius 2 is 2.31 bits per heavy atom. The normalized spacial score (nSPS) is 22.1. The second-order valence-corrected chi connectivity index (χ2v) is 3.40. The van der Waals surface area contributed by atoms with Crippen LogP contribution in [0.1, 0.15) is 24.4 Å². The summed E-state index contributed by atoms with van der Waals surface area (Å²) in [5.74, 6) is -0.262. The van der Waals surface area contributed by atoms with Crippen molar-refractivity contribution in [3.05, 3.63) is 29.6 Å². The molecule has 0 spiro atoms. The molecule has 0 aliphatic carbocycles. The van der Waals surface area contributed by atoms with Gasteiger partial charge in [0.25, 0.3) is 0 Å². The lowest BCUT2D eigenvalue weighted by Crippen LogP contribution is -2.14. The molecule has 13 heavy (non-hydrogen) atoms. The largest absolute Gasteiger partial charge is 0.396 e. The average molecular weight is 180 g/mol. The lowest BCUT2D eigenvalue weighted by Gasteiger charge is -2.12. The number of hydrogen-bond acceptors (Lipinski definition) is 2. The van der Waals surface area contributed by atoms with E-state index in [-0.39, 0.29) is 17.5 Å². The first kappa shape index (κ1) is 8.51. The molecule has 1 fully saturated rings. The number of nitrogens with two attached hydrogens (primary N) is 1. The Morgan fingerprint density at radius 3 is 3.00 bits per heavy atom. The number of rotatable bonds is 1. The summed E-state index contributed by atoms with van der Waals surface area (Å²) in [6, 6.07) is 5.35. The van der Waals surface area contributed by atoms with E-state index in [9.17, 15) is 4.39 Å². The van der Waals surface area contributed by atoms with Crippen LogP contribution in [-0.2, 0) is 0 Å². The second kappa shape index (κ2) is 3.34. The van der Waals surface area contributed by atoms with Crippen molar-refractivity contribution in [2.24, 2.45) is 0 Å². The third-order valence-corrected chi connectivity index (χ3v) is 2.49. The Morgan fingerprint density at radius 1 is 1.46 bits per heavy atom. The number of halogens is 1. The molecule has 0 radical (unpaired) electrons. The summed E-state index contributed by atoms with van der Waals surface area (Å²) in [7, 11) is 0. The summed E-state index contributed by atoms with van der Waals surface area (Å²) >= 11 is 0. The molecule has 1 unspecified atom stereocenters. The second-order valence-electron chi connectivity index (χ2n) is 3.40. The summed E-state index contributed by atoms with van der Waals surface area (Å²) < 4.78 is 13.5. The predicted octanol–water partition coefficient (Wildman–Crippen LogP) is 1.83. The fourth-order valence-electron chi connectivity index (χ4n) is 1.79. The lowest BCUT2D eigenvalue weighted by atomic mass is 10.0. The quantitative estimate of drug-likeness (QED) is 0.647. The molecule has 0 aromatic heterocycles. The van der Waals surface area contributed by atoms with Gasteiger partial charge in [0, 0.05) is 11.6 Å². The molecule has 2 rings (SSSR count). The smallest absolute Gasteiger partial charge is 0.150 e. The Kier molecular flexibility index (Phi) is 2.19. The predicted molar refractivity (Wildman–Crippen MR) is 50.8 cm³/mol. The summed E-state index contributed by atoms with van der Waals surface area (Å²) in [6.07, 6.45) is 2.11. The van der Waals surface area contributed by atoms with Crippen LogP contribution in [0.4, 0.5) is 10.1 Å². The van der Waals surface area contributed by atoms with E-state index in [0.717, 1.165) is 19.4 Å². The topological polar surface area (TPSA) is 38.0 Å². The highest BCUT2D eigenvalue weighted by molar-refractivity contribution is 5.44. The van der Waals surface area contributed by atoms with Crippen LogP contribution in [0.25, 0.3) is 0 Å². The van der Waals surface area contributed by atoms with Gasteiger partial charge in [-0.3, -0.25) is 0 Å². The summed E-state index contributed by atoms with van der Waals surface area (Å²) in [5.41, 5.74) is 6.43. The van der Waals surface area contributed by atoms with Crippen molar-refractivity contribution in [3.8, 4) is 0 Å². The van der Waals surface area contributed by atoms with Crippen LogP contribution in [0, 0.1) is 5.82 Å². The van der Waals surface area contributed by atoms with E-state index in [0.29, 0.717) is 5.56 Å². The Balaban J connectivity index is 2.33. The lowest BCUT2D eigenvalue weighted by molar-refractivity contribution is 0.562. The minimum Gasteiger partial charge on any atom is -0.396 e. The highest BCUT2D eigenvalue weighted by Crippen LogP contribution is 2.27. The summed E-state index contributed by atoms with van der Waals surface area (Å²) in [5, 5.41) is 3.25. The van der Waals surface area contributed by atoms with E-state index in [1.807, 2.05) is 0 Å². The molecule has 1 atom stereocenters. The molecule has 1 aromatic rings. The van der Waals surface area contributed by atoms with Gasteiger partial charge in [0.05, 0.1) is 5.69 Å². The van der Waals surface area contributed by atoms with Gasteiger partial charge in [-0.1, -0.05) is 12.1 Å². The van der Waals surface area contributed by atoms with Crippen molar-refractivity contribution in [2.75, 3.05) is 12.3 Å². The Bertz CT molecular complexity index is 306. The van der Waals surface area contributed by atoms with Gasteiger partial charge in [0.2, 0.25) is 0 Å². The van der Waals surface area contributed by atoms with Gasteiger partial charge in [-0.2, -0.15) is 0 Å². The van der Waals surface area contributed by atoms with Crippen molar-refractivity contribution in [1.29, 1.82) is 0 Å². The molecule has 3 N–H and O–H groups in total. The van der Waals surface area contributed by atoms with Crippen LogP contribution in [-0.4, -0.2) is 6.54 Å². The van der Waals surface area contributed by atoms with E-state index in [1.54, 1.807) is 18.2 Å². The molecule has 1 saturated heterocycles. The van der Waals surface area contributed by atoms with Gasteiger partial charge in [0.1, 0.15) is 0 Å². The first-order chi connectivity index (χ1) is 6.29. The van der Waals surface area contributed by atoms with Gasteiger partial charge in [-0.05, 0) is 25.5 Å². The molecule has 1 aliphatic heterocycles. The molecule has 0 amide bonds. The minimum absolute atomic E-state index is 0.156. The van der Waals surface area contributed by atoms with Gasteiger partial charge in [-0.15, -0.1) is 0 Å². The number of nitrogens with one attached hydrogen (secondary N) is 1. The minimum atomic E-state index is -0.262. The Labute approximate surface area is 76.9 Å².